The molecule has 0 fully saturated rings. The molecule has 0 aliphatic rings. The quantitative estimate of drug-likeness (QED) is 0.826. The minimum atomic E-state index is -0.237. The third-order valence-electron chi connectivity index (χ3n) is 3.62. The lowest BCUT2D eigenvalue weighted by molar-refractivity contribution is 0.396. The molecule has 1 heterocycles. The maximum Gasteiger partial charge on any atom is 0.0597 e. The summed E-state index contributed by atoms with van der Waals surface area (Å²) in [5.74, 6) is 0.524. The number of nitrogens with one attached hydrogen (secondary N) is 1. The number of hydrogen-bond donors (Lipinski definition) is 1. The molecule has 0 aliphatic heterocycles. The van der Waals surface area contributed by atoms with E-state index in [1.807, 2.05) is 29.8 Å². The molecular formula is C16H22ClN3. The normalized spacial score (nSPS) is 14.2. The maximum atomic E-state index is 6.20. The third-order valence-corrected chi connectivity index (χ3v) is 4.16. The predicted octanol–water partition coefficient (Wildman–Crippen LogP) is 3.46. The first kappa shape index (κ1) is 15.1. The van der Waals surface area contributed by atoms with Crippen LogP contribution in [-0.4, -0.2) is 15.7 Å². The van der Waals surface area contributed by atoms with Crippen molar-refractivity contribution in [2.24, 2.45) is 0 Å². The van der Waals surface area contributed by atoms with Crippen molar-refractivity contribution in [1.82, 2.24) is 15.1 Å². The van der Waals surface area contributed by atoms with Crippen LogP contribution in [0.4, 0.5) is 0 Å². The Morgan fingerprint density at radius 1 is 1.30 bits per heavy atom. The number of rotatable bonds is 6. The summed E-state index contributed by atoms with van der Waals surface area (Å²) in [7, 11) is 0. The Morgan fingerprint density at radius 2 is 2.00 bits per heavy atom. The van der Waals surface area contributed by atoms with E-state index in [0.29, 0.717) is 5.88 Å². The zero-order chi connectivity index (χ0) is 14.6. The van der Waals surface area contributed by atoms with Crippen molar-refractivity contribution in [3.8, 4) is 0 Å². The van der Waals surface area contributed by atoms with Gasteiger partial charge in [0.25, 0.3) is 0 Å². The first-order valence-electron chi connectivity index (χ1n) is 6.99. The van der Waals surface area contributed by atoms with Gasteiger partial charge >= 0.3 is 0 Å². The van der Waals surface area contributed by atoms with E-state index in [4.69, 9.17) is 11.6 Å². The van der Waals surface area contributed by atoms with Crippen LogP contribution in [0.3, 0.4) is 0 Å². The van der Waals surface area contributed by atoms with E-state index in [0.717, 1.165) is 18.8 Å². The average molecular weight is 292 g/mol. The molecule has 0 saturated carbocycles. The molecule has 0 amide bonds. The molecule has 0 aliphatic carbocycles. The fourth-order valence-electron chi connectivity index (χ4n) is 2.33. The summed E-state index contributed by atoms with van der Waals surface area (Å²) in [5, 5.41) is 8.05. The van der Waals surface area contributed by atoms with Crippen LogP contribution < -0.4 is 5.32 Å². The van der Waals surface area contributed by atoms with Crippen molar-refractivity contribution in [1.29, 1.82) is 0 Å². The number of hydrogen-bond acceptors (Lipinski definition) is 2. The van der Waals surface area contributed by atoms with E-state index < -0.39 is 0 Å². The summed E-state index contributed by atoms with van der Waals surface area (Å²) >= 11 is 6.20. The van der Waals surface area contributed by atoms with Crippen LogP contribution in [0.1, 0.15) is 30.8 Å². The van der Waals surface area contributed by atoms with Gasteiger partial charge in [0.05, 0.1) is 16.9 Å². The number of halogens is 1. The van der Waals surface area contributed by atoms with Gasteiger partial charge in [-0.3, -0.25) is 4.68 Å². The highest BCUT2D eigenvalue weighted by Crippen LogP contribution is 2.22. The molecule has 1 N–H and O–H groups in total. The minimum absolute atomic E-state index is 0.237. The van der Waals surface area contributed by atoms with E-state index in [1.54, 1.807) is 0 Å². The van der Waals surface area contributed by atoms with Gasteiger partial charge in [-0.15, -0.1) is 11.6 Å². The second kappa shape index (κ2) is 6.42. The maximum absolute atomic E-state index is 6.20. The monoisotopic (exact) mass is 291 g/mol. The van der Waals surface area contributed by atoms with Crippen LogP contribution in [0.2, 0.25) is 0 Å². The smallest absolute Gasteiger partial charge is 0.0597 e. The Bertz CT molecular complexity index is 550. The molecule has 3 nitrogen and oxygen atoms in total. The fraction of sp³-hybridized carbons (Fsp3) is 0.438. The Morgan fingerprint density at radius 3 is 2.60 bits per heavy atom. The van der Waals surface area contributed by atoms with Crippen molar-refractivity contribution in [3.05, 3.63) is 53.3 Å². The van der Waals surface area contributed by atoms with Gasteiger partial charge in [-0.1, -0.05) is 30.3 Å². The molecule has 2 aromatic rings. The van der Waals surface area contributed by atoms with E-state index in [-0.39, 0.29) is 5.54 Å². The lowest BCUT2D eigenvalue weighted by atomic mass is 9.94. The van der Waals surface area contributed by atoms with Crippen molar-refractivity contribution in [2.45, 2.75) is 39.4 Å². The second-order valence-corrected chi connectivity index (χ2v) is 5.55. The van der Waals surface area contributed by atoms with Gasteiger partial charge in [0.2, 0.25) is 0 Å². The number of aromatic nitrogens is 2. The number of alkyl halides is 1. The third kappa shape index (κ3) is 3.22. The van der Waals surface area contributed by atoms with Gasteiger partial charge in [0, 0.05) is 19.0 Å². The Hall–Kier alpha value is -1.32. The Balaban J connectivity index is 2.15. The predicted molar refractivity (Wildman–Crippen MR) is 84.0 cm³/mol. The van der Waals surface area contributed by atoms with Crippen molar-refractivity contribution < 1.29 is 0 Å². The highest BCUT2D eigenvalue weighted by Gasteiger charge is 2.25. The lowest BCUT2D eigenvalue weighted by Gasteiger charge is -2.29. The number of aryl methyl sites for hydroxylation is 2. The van der Waals surface area contributed by atoms with Gasteiger partial charge in [-0.2, -0.15) is 5.10 Å². The summed E-state index contributed by atoms with van der Waals surface area (Å²) in [5.41, 5.74) is 3.21. The van der Waals surface area contributed by atoms with E-state index in [9.17, 15) is 0 Å². The summed E-state index contributed by atoms with van der Waals surface area (Å²) in [6.45, 7) is 7.90. The zero-order valence-corrected chi connectivity index (χ0v) is 13.1. The molecule has 0 radical (unpaired) electrons. The molecule has 108 valence electrons. The summed E-state index contributed by atoms with van der Waals surface area (Å²) < 4.78 is 2.03. The van der Waals surface area contributed by atoms with Gasteiger partial charge in [-0.25, -0.2) is 0 Å². The molecule has 1 unspecified atom stereocenters. The van der Waals surface area contributed by atoms with Crippen LogP contribution in [0.25, 0.3) is 0 Å². The van der Waals surface area contributed by atoms with Gasteiger partial charge in [-0.05, 0) is 32.4 Å². The second-order valence-electron chi connectivity index (χ2n) is 5.28. The molecule has 1 aromatic heterocycles. The van der Waals surface area contributed by atoms with Crippen molar-refractivity contribution >= 4 is 11.6 Å². The topological polar surface area (TPSA) is 29.9 Å². The van der Waals surface area contributed by atoms with E-state index in [1.165, 1.54) is 11.3 Å². The highest BCUT2D eigenvalue weighted by molar-refractivity contribution is 6.18. The minimum Gasteiger partial charge on any atom is -0.301 e. The van der Waals surface area contributed by atoms with Gasteiger partial charge in [0.1, 0.15) is 0 Å². The molecule has 0 saturated heterocycles. The number of benzene rings is 1. The lowest BCUT2D eigenvalue weighted by Crippen LogP contribution is -2.41. The van der Waals surface area contributed by atoms with Crippen molar-refractivity contribution in [3.63, 3.8) is 0 Å². The zero-order valence-electron chi connectivity index (χ0n) is 12.4. The molecule has 0 bridgehead atoms. The highest BCUT2D eigenvalue weighted by atomic mass is 35.5. The van der Waals surface area contributed by atoms with Gasteiger partial charge < -0.3 is 5.32 Å². The van der Waals surface area contributed by atoms with E-state index >= 15 is 0 Å². The molecule has 20 heavy (non-hydrogen) atoms. The van der Waals surface area contributed by atoms with Crippen LogP contribution in [0.5, 0.6) is 0 Å². The first-order valence-corrected chi connectivity index (χ1v) is 7.52. The summed E-state index contributed by atoms with van der Waals surface area (Å²) in [6.07, 6.45) is 0. The molecule has 1 aromatic carbocycles. The SMILES string of the molecule is CCn1nc(C)cc1CNC(C)(CCl)c1ccccc1. The van der Waals surface area contributed by atoms with Crippen LogP contribution >= 0.6 is 11.6 Å². The summed E-state index contributed by atoms with van der Waals surface area (Å²) in [6, 6.07) is 12.4. The molecule has 0 spiro atoms. The molecular weight excluding hydrogens is 270 g/mol. The molecule has 4 heteroatoms. The fourth-order valence-corrected chi connectivity index (χ4v) is 2.58. The molecule has 1 atom stereocenters. The largest absolute Gasteiger partial charge is 0.301 e. The van der Waals surface area contributed by atoms with Crippen LogP contribution in [0, 0.1) is 6.92 Å². The first-order chi connectivity index (χ1) is 9.59. The number of nitrogens with zero attached hydrogens (tertiary/aromatic N) is 2. The van der Waals surface area contributed by atoms with E-state index in [2.05, 4.69) is 42.5 Å². The Labute approximate surface area is 126 Å². The standard InChI is InChI=1S/C16H22ClN3/c1-4-20-15(10-13(2)19-20)11-18-16(3,12-17)14-8-6-5-7-9-14/h5-10,18H,4,11-12H2,1-3H3. The summed E-state index contributed by atoms with van der Waals surface area (Å²) in [4.78, 5) is 0. The van der Waals surface area contributed by atoms with Crippen LogP contribution in [0.15, 0.2) is 36.4 Å². The van der Waals surface area contributed by atoms with Crippen LogP contribution in [-0.2, 0) is 18.6 Å². The average Bonchev–Trinajstić information content (AvgIpc) is 2.86. The van der Waals surface area contributed by atoms with Gasteiger partial charge in [0.15, 0.2) is 0 Å². The molecule has 2 rings (SSSR count). The van der Waals surface area contributed by atoms with Crippen molar-refractivity contribution in [2.75, 3.05) is 5.88 Å². The Kier molecular flexibility index (Phi) is 4.84.